The van der Waals surface area contributed by atoms with Crippen LogP contribution in [0, 0.1) is 5.92 Å². The first-order valence-corrected chi connectivity index (χ1v) is 18.0. The molecule has 2 heterocycles. The van der Waals surface area contributed by atoms with Crippen molar-refractivity contribution in [1.82, 2.24) is 10.2 Å². The Morgan fingerprint density at radius 3 is 2.16 bits per heavy atom. The maximum Gasteiger partial charge on any atom is 0.248 e. The highest BCUT2D eigenvalue weighted by molar-refractivity contribution is 7.10. The molecule has 6 rings (SSSR count). The van der Waals surface area contributed by atoms with Gasteiger partial charge in [0.15, 0.2) is 0 Å². The van der Waals surface area contributed by atoms with Gasteiger partial charge in [-0.25, -0.2) is 0 Å². The van der Waals surface area contributed by atoms with E-state index in [0.29, 0.717) is 66.3 Å². The summed E-state index contributed by atoms with van der Waals surface area (Å²) >= 11 is 13.8. The zero-order valence-corrected chi connectivity index (χ0v) is 29.3. The molecule has 3 aromatic carbocycles. The molecule has 1 saturated heterocycles. The molecule has 1 fully saturated rings. The number of ketones is 2. The summed E-state index contributed by atoms with van der Waals surface area (Å²) in [5, 5.41) is 7.69. The fraction of sp³-hybridized carbons (Fsp3) is 0.237. The summed E-state index contributed by atoms with van der Waals surface area (Å²) in [6, 6.07) is 25.9. The lowest BCUT2D eigenvalue weighted by molar-refractivity contribution is -0.125. The van der Waals surface area contributed by atoms with Crippen LogP contribution in [0.5, 0.6) is 0 Å². The number of nitrogens with zero attached hydrogens (tertiary/aromatic N) is 2. The van der Waals surface area contributed by atoms with E-state index in [2.05, 4.69) is 10.6 Å². The molecule has 1 atom stereocenters. The normalized spacial score (nSPS) is 15.4. The Hall–Kier alpha value is -4.77. The van der Waals surface area contributed by atoms with Gasteiger partial charge in [-0.2, -0.15) is 0 Å². The van der Waals surface area contributed by atoms with Gasteiger partial charge in [0, 0.05) is 52.9 Å². The van der Waals surface area contributed by atoms with Crippen molar-refractivity contribution in [1.29, 1.82) is 0 Å². The molecule has 0 bridgehead atoms. The third-order valence-electron chi connectivity index (χ3n) is 8.89. The summed E-state index contributed by atoms with van der Waals surface area (Å²) < 4.78 is 0. The number of nitrogens with one attached hydrogen (secondary N) is 2. The summed E-state index contributed by atoms with van der Waals surface area (Å²) in [5.74, 6) is -2.28. The summed E-state index contributed by atoms with van der Waals surface area (Å²) in [6.45, 7) is 1.16. The lowest BCUT2D eigenvalue weighted by Crippen LogP contribution is -2.44. The highest BCUT2D eigenvalue weighted by atomic mass is 35.5. The van der Waals surface area contributed by atoms with Crippen LogP contribution in [0.25, 0.3) is 0 Å². The number of hydrogen-bond acceptors (Lipinski definition) is 7. The first kappa shape index (κ1) is 35.1. The zero-order chi connectivity index (χ0) is 35.2. The number of amides is 3. The number of carbonyl (C=O) groups excluding carboxylic acids is 5. The fourth-order valence-electron chi connectivity index (χ4n) is 6.32. The Morgan fingerprint density at radius 1 is 0.860 bits per heavy atom. The smallest absolute Gasteiger partial charge is 0.248 e. The molecule has 0 saturated carbocycles. The number of allylic oxidation sites excluding steroid dienone is 2. The molecule has 2 N–H and O–H groups in total. The fourth-order valence-corrected chi connectivity index (χ4v) is 7.57. The second kappa shape index (κ2) is 15.8. The van der Waals surface area contributed by atoms with Crippen molar-refractivity contribution in [2.45, 2.75) is 25.3 Å². The number of fused-ring (bicyclic) bond motifs is 1. The van der Waals surface area contributed by atoms with Gasteiger partial charge in [-0.3, -0.25) is 28.9 Å². The van der Waals surface area contributed by atoms with Crippen LogP contribution in [-0.2, 0) is 20.8 Å². The lowest BCUT2D eigenvalue weighted by atomic mass is 9.89. The van der Waals surface area contributed by atoms with Crippen LogP contribution in [-0.4, -0.2) is 59.7 Å². The Bertz CT molecular complexity index is 1920. The molecule has 4 aromatic rings. The second-order valence-corrected chi connectivity index (χ2v) is 13.6. The van der Waals surface area contributed by atoms with Gasteiger partial charge in [-0.15, -0.1) is 22.9 Å². The molecule has 1 aromatic heterocycles. The average Bonchev–Trinajstić information content (AvgIpc) is 3.68. The maximum absolute atomic E-state index is 13.6. The van der Waals surface area contributed by atoms with Gasteiger partial charge in [-0.1, -0.05) is 72.3 Å². The monoisotopic (exact) mass is 728 g/mol. The van der Waals surface area contributed by atoms with Crippen LogP contribution in [0.4, 0.5) is 11.4 Å². The van der Waals surface area contributed by atoms with E-state index < -0.39 is 11.9 Å². The number of carbonyl (C=O) groups is 5. The number of likely N-dealkylation sites (tertiary alicyclic amines) is 1. The lowest BCUT2D eigenvalue weighted by Gasteiger charge is -2.35. The van der Waals surface area contributed by atoms with Crippen molar-refractivity contribution in [2.24, 2.45) is 5.92 Å². The predicted octanol–water partition coefficient (Wildman–Crippen LogP) is 6.60. The largest absolute Gasteiger partial charge is 0.367 e. The molecule has 2 aliphatic rings. The Morgan fingerprint density at radius 2 is 1.52 bits per heavy atom. The third kappa shape index (κ3) is 7.52. The van der Waals surface area contributed by atoms with E-state index in [4.69, 9.17) is 23.2 Å². The van der Waals surface area contributed by atoms with Gasteiger partial charge in [0.25, 0.3) is 0 Å². The number of hydrogen-bond donors (Lipinski definition) is 2. The number of thiophene rings is 1. The van der Waals surface area contributed by atoms with E-state index >= 15 is 0 Å². The number of piperidine rings is 1. The summed E-state index contributed by atoms with van der Waals surface area (Å²) in [7, 11) is 0. The minimum absolute atomic E-state index is 0.0932. The van der Waals surface area contributed by atoms with Gasteiger partial charge >= 0.3 is 0 Å². The van der Waals surface area contributed by atoms with Crippen LogP contribution >= 0.6 is 34.5 Å². The average molecular weight is 730 g/mol. The molecule has 9 nitrogen and oxygen atoms in total. The number of halogens is 2. The first-order chi connectivity index (χ1) is 24.3. The number of anilines is 2. The number of rotatable bonds is 11. The van der Waals surface area contributed by atoms with Crippen molar-refractivity contribution >= 4 is 75.2 Å². The molecule has 3 amide bonds. The van der Waals surface area contributed by atoms with Crippen LogP contribution < -0.4 is 15.5 Å². The van der Waals surface area contributed by atoms with Gasteiger partial charge in [0.1, 0.15) is 22.7 Å². The standard InChI is InChI=1S/C38H34Cl2N4O5S/c39-23-31(45)44(33(30-11-6-22-50-30)38(49)41-19-16-24-7-2-1-3-8-24)27-14-12-26(13-15-27)42-37(48)25-17-20-43(21-18-25)34-32(40)35(46)28-9-4-5-10-29(28)36(34)47/h1-15,22,25,33H,16-21,23H2,(H,41,49)(H,42,48). The van der Waals surface area contributed by atoms with Crippen LogP contribution in [0.15, 0.2) is 107 Å². The SMILES string of the molecule is O=C1C(Cl)=C(N2CCC(C(=O)Nc3ccc(N(C(=O)CCl)C(C(=O)NCCc4ccccc4)c4cccs4)cc3)CC2)C(=O)c2ccccc21. The Balaban J connectivity index is 1.11. The number of Topliss-reactive ketones (excluding diaryl/α,β-unsaturated/α-hetero) is 2. The molecule has 0 radical (unpaired) electrons. The molecular formula is C38H34Cl2N4O5S. The Labute approximate surface area is 303 Å². The van der Waals surface area contributed by atoms with Gasteiger partial charge in [0.2, 0.25) is 29.3 Å². The van der Waals surface area contributed by atoms with E-state index in [0.717, 1.165) is 5.56 Å². The molecule has 1 aliphatic heterocycles. The molecular weight excluding hydrogens is 695 g/mol. The van der Waals surface area contributed by atoms with Gasteiger partial charge in [-0.05, 0) is 60.5 Å². The van der Waals surface area contributed by atoms with E-state index in [1.54, 1.807) is 53.4 Å². The minimum atomic E-state index is -0.939. The van der Waals surface area contributed by atoms with Crippen LogP contribution in [0.1, 0.15) is 50.0 Å². The topological polar surface area (TPSA) is 116 Å². The van der Waals surface area contributed by atoms with Crippen molar-refractivity contribution in [3.05, 3.63) is 129 Å². The van der Waals surface area contributed by atoms with E-state index in [-0.39, 0.29) is 45.9 Å². The molecule has 0 spiro atoms. The summed E-state index contributed by atoms with van der Waals surface area (Å²) in [4.78, 5) is 70.2. The maximum atomic E-state index is 13.6. The molecule has 256 valence electrons. The van der Waals surface area contributed by atoms with Crippen LogP contribution in [0.3, 0.4) is 0 Å². The molecule has 1 aliphatic carbocycles. The minimum Gasteiger partial charge on any atom is -0.367 e. The summed E-state index contributed by atoms with van der Waals surface area (Å²) in [6.07, 6.45) is 1.56. The highest BCUT2D eigenvalue weighted by Gasteiger charge is 2.37. The van der Waals surface area contributed by atoms with Gasteiger partial charge < -0.3 is 15.5 Å². The van der Waals surface area contributed by atoms with Crippen molar-refractivity contribution in [2.75, 3.05) is 35.7 Å². The number of benzene rings is 3. The predicted molar refractivity (Wildman–Crippen MR) is 196 cm³/mol. The third-order valence-corrected chi connectivity index (χ3v) is 10.4. The van der Waals surface area contributed by atoms with Gasteiger partial charge in [0.05, 0.1) is 0 Å². The Kier molecular flexibility index (Phi) is 11.1. The van der Waals surface area contributed by atoms with Crippen molar-refractivity contribution < 1.29 is 24.0 Å². The van der Waals surface area contributed by atoms with E-state index in [9.17, 15) is 24.0 Å². The van der Waals surface area contributed by atoms with Crippen LogP contribution in [0.2, 0.25) is 0 Å². The zero-order valence-electron chi connectivity index (χ0n) is 26.9. The van der Waals surface area contributed by atoms with Crippen molar-refractivity contribution in [3.8, 4) is 0 Å². The van der Waals surface area contributed by atoms with E-state index in [1.165, 1.54) is 16.2 Å². The molecule has 50 heavy (non-hydrogen) atoms. The van der Waals surface area contributed by atoms with Crippen molar-refractivity contribution in [3.63, 3.8) is 0 Å². The first-order valence-electron chi connectivity index (χ1n) is 16.2. The second-order valence-electron chi connectivity index (χ2n) is 12.0. The highest BCUT2D eigenvalue weighted by Crippen LogP contribution is 2.34. The number of alkyl halides is 1. The summed E-state index contributed by atoms with van der Waals surface area (Å²) in [5.41, 5.74) is 2.88. The molecule has 1 unspecified atom stereocenters. The molecule has 12 heteroatoms. The quantitative estimate of drug-likeness (QED) is 0.168. The van der Waals surface area contributed by atoms with E-state index in [1.807, 2.05) is 47.8 Å².